The van der Waals surface area contributed by atoms with Crippen LogP contribution in [0.4, 0.5) is 5.69 Å². The zero-order valence-corrected chi connectivity index (χ0v) is 14.4. The predicted octanol–water partition coefficient (Wildman–Crippen LogP) is 4.39. The second-order valence-electron chi connectivity index (χ2n) is 6.56. The topological polar surface area (TPSA) is 59.8 Å². The Labute approximate surface area is 141 Å². The maximum Gasteiger partial charge on any atom is 0.255 e. The Hall–Kier alpha value is -2.69. The van der Waals surface area contributed by atoms with Crippen molar-refractivity contribution < 1.29 is 4.79 Å². The summed E-state index contributed by atoms with van der Waals surface area (Å²) in [4.78, 5) is 12.5. The Balaban J connectivity index is 1.81. The fourth-order valence-corrected chi connectivity index (χ4v) is 2.62. The van der Waals surface area contributed by atoms with Gasteiger partial charge in [0.15, 0.2) is 0 Å². The molecule has 0 radical (unpaired) electrons. The summed E-state index contributed by atoms with van der Waals surface area (Å²) in [5.41, 5.74) is 4.27. The van der Waals surface area contributed by atoms with Gasteiger partial charge < -0.3 is 5.32 Å². The second-order valence-corrected chi connectivity index (χ2v) is 6.56. The minimum atomic E-state index is -0.145. The van der Waals surface area contributed by atoms with E-state index in [0.29, 0.717) is 11.5 Å². The number of rotatable bonds is 4. The lowest BCUT2D eigenvalue weighted by molar-refractivity contribution is 0.102. The van der Waals surface area contributed by atoms with E-state index in [2.05, 4.69) is 43.3 Å². The molecule has 0 aliphatic heterocycles. The largest absolute Gasteiger partial charge is 0.322 e. The average Bonchev–Trinajstić information content (AvgIpc) is 2.98. The van der Waals surface area contributed by atoms with Gasteiger partial charge in [-0.15, -0.1) is 5.10 Å². The van der Waals surface area contributed by atoms with Crippen LogP contribution >= 0.6 is 0 Å². The quantitative estimate of drug-likeness (QED) is 0.775. The molecule has 0 saturated carbocycles. The van der Waals surface area contributed by atoms with Crippen molar-refractivity contribution in [3.8, 4) is 0 Å². The highest BCUT2D eigenvalue weighted by Gasteiger charge is 2.12. The van der Waals surface area contributed by atoms with E-state index in [4.69, 9.17) is 0 Å². The number of anilines is 1. The molecule has 3 aromatic rings. The molecule has 5 nitrogen and oxygen atoms in total. The molecule has 3 rings (SSSR count). The molecular formula is C19H22N4O. The van der Waals surface area contributed by atoms with Gasteiger partial charge in [-0.3, -0.25) is 4.79 Å². The minimum absolute atomic E-state index is 0.145. The minimum Gasteiger partial charge on any atom is -0.322 e. The van der Waals surface area contributed by atoms with Crippen molar-refractivity contribution in [3.05, 3.63) is 53.6 Å². The molecule has 0 aliphatic carbocycles. The summed E-state index contributed by atoms with van der Waals surface area (Å²) in [5.74, 6) is 0.328. The van der Waals surface area contributed by atoms with Crippen LogP contribution in [0.3, 0.4) is 0 Å². The molecule has 1 heterocycles. The number of nitrogens with zero attached hydrogens (tertiary/aromatic N) is 3. The summed E-state index contributed by atoms with van der Waals surface area (Å²) < 4.78 is 1.85. The van der Waals surface area contributed by atoms with Gasteiger partial charge in [0, 0.05) is 17.3 Å². The first kappa shape index (κ1) is 16.2. The normalized spacial score (nSPS) is 11.4. The Morgan fingerprint density at radius 1 is 1.04 bits per heavy atom. The van der Waals surface area contributed by atoms with Crippen LogP contribution in [0.2, 0.25) is 0 Å². The van der Waals surface area contributed by atoms with E-state index >= 15 is 0 Å². The van der Waals surface area contributed by atoms with E-state index in [9.17, 15) is 4.79 Å². The number of nitrogens with one attached hydrogen (secondary N) is 1. The van der Waals surface area contributed by atoms with Gasteiger partial charge in [0.05, 0.1) is 5.52 Å². The van der Waals surface area contributed by atoms with Crippen LogP contribution in [0, 0.1) is 0 Å². The predicted molar refractivity (Wildman–Crippen MR) is 96.4 cm³/mol. The molecule has 2 aromatic carbocycles. The highest BCUT2D eigenvalue weighted by atomic mass is 16.1. The number of fused-ring (bicyclic) bond motifs is 1. The molecule has 1 aromatic heterocycles. The summed E-state index contributed by atoms with van der Waals surface area (Å²) in [6, 6.07) is 13.7. The number of amides is 1. The van der Waals surface area contributed by atoms with Gasteiger partial charge >= 0.3 is 0 Å². The van der Waals surface area contributed by atoms with Gasteiger partial charge in [0.1, 0.15) is 5.52 Å². The van der Waals surface area contributed by atoms with Crippen LogP contribution in [-0.2, 0) is 0 Å². The van der Waals surface area contributed by atoms with Crippen LogP contribution in [-0.4, -0.2) is 20.9 Å². The molecule has 24 heavy (non-hydrogen) atoms. The molecule has 0 spiro atoms. The molecule has 1 amide bonds. The van der Waals surface area contributed by atoms with Crippen molar-refractivity contribution >= 4 is 22.6 Å². The average molecular weight is 322 g/mol. The lowest BCUT2D eigenvalue weighted by Gasteiger charge is -2.09. The molecule has 0 atom stereocenters. The van der Waals surface area contributed by atoms with Crippen molar-refractivity contribution in [2.45, 2.75) is 39.7 Å². The number of carbonyl (C=O) groups excluding carboxylic acids is 1. The molecule has 0 aliphatic rings. The van der Waals surface area contributed by atoms with Crippen LogP contribution in [0.5, 0.6) is 0 Å². The monoisotopic (exact) mass is 322 g/mol. The zero-order chi connectivity index (χ0) is 17.3. The van der Waals surface area contributed by atoms with E-state index in [-0.39, 0.29) is 11.9 Å². The third-order valence-corrected chi connectivity index (χ3v) is 4.06. The SMILES string of the molecule is CC(C)c1ccc(NC(=O)c2ccc3c(c2)nnn3C(C)C)cc1. The lowest BCUT2D eigenvalue weighted by Crippen LogP contribution is -2.12. The smallest absolute Gasteiger partial charge is 0.255 e. The van der Waals surface area contributed by atoms with Gasteiger partial charge in [-0.1, -0.05) is 31.2 Å². The number of hydrogen-bond donors (Lipinski definition) is 1. The molecule has 124 valence electrons. The first-order valence-electron chi connectivity index (χ1n) is 8.22. The summed E-state index contributed by atoms with van der Waals surface area (Å²) in [6.07, 6.45) is 0. The number of benzene rings is 2. The van der Waals surface area contributed by atoms with Crippen molar-refractivity contribution in [2.75, 3.05) is 5.32 Å². The Morgan fingerprint density at radius 2 is 1.75 bits per heavy atom. The fourth-order valence-electron chi connectivity index (χ4n) is 2.62. The van der Waals surface area contributed by atoms with Crippen LogP contribution < -0.4 is 5.32 Å². The van der Waals surface area contributed by atoms with Crippen LogP contribution in [0.1, 0.15) is 55.6 Å². The molecule has 5 heteroatoms. The third kappa shape index (κ3) is 3.15. The van der Waals surface area contributed by atoms with Gasteiger partial charge in [-0.05, 0) is 55.7 Å². The highest BCUT2D eigenvalue weighted by molar-refractivity contribution is 6.05. The molecule has 0 unspecified atom stereocenters. The van der Waals surface area contributed by atoms with Crippen LogP contribution in [0.15, 0.2) is 42.5 Å². The van der Waals surface area contributed by atoms with E-state index in [1.54, 1.807) is 6.07 Å². The van der Waals surface area contributed by atoms with Crippen LogP contribution in [0.25, 0.3) is 11.0 Å². The van der Waals surface area contributed by atoms with Gasteiger partial charge in [-0.25, -0.2) is 4.68 Å². The van der Waals surface area contributed by atoms with Gasteiger partial charge in [-0.2, -0.15) is 0 Å². The molecular weight excluding hydrogens is 300 g/mol. The van der Waals surface area contributed by atoms with Crippen molar-refractivity contribution in [3.63, 3.8) is 0 Å². The van der Waals surface area contributed by atoms with Crippen molar-refractivity contribution in [1.29, 1.82) is 0 Å². The number of hydrogen-bond acceptors (Lipinski definition) is 3. The molecule has 1 N–H and O–H groups in total. The molecule has 0 bridgehead atoms. The van der Waals surface area contributed by atoms with E-state index < -0.39 is 0 Å². The maximum absolute atomic E-state index is 12.5. The Kier molecular flexibility index (Phi) is 4.34. The van der Waals surface area contributed by atoms with Crippen molar-refractivity contribution in [2.24, 2.45) is 0 Å². The van der Waals surface area contributed by atoms with E-state index in [1.807, 2.05) is 41.1 Å². The maximum atomic E-state index is 12.5. The van der Waals surface area contributed by atoms with E-state index in [0.717, 1.165) is 16.7 Å². The van der Waals surface area contributed by atoms with Gasteiger partial charge in [0.2, 0.25) is 0 Å². The summed E-state index contributed by atoms with van der Waals surface area (Å²) >= 11 is 0. The molecule has 0 saturated heterocycles. The fraction of sp³-hybridized carbons (Fsp3) is 0.316. The van der Waals surface area contributed by atoms with E-state index in [1.165, 1.54) is 5.56 Å². The number of carbonyl (C=O) groups is 1. The van der Waals surface area contributed by atoms with Crippen molar-refractivity contribution in [1.82, 2.24) is 15.0 Å². The first-order chi connectivity index (χ1) is 11.5. The summed E-state index contributed by atoms with van der Waals surface area (Å²) in [7, 11) is 0. The zero-order valence-electron chi connectivity index (χ0n) is 14.4. The second kappa shape index (κ2) is 6.43. The Morgan fingerprint density at radius 3 is 2.38 bits per heavy atom. The first-order valence-corrected chi connectivity index (χ1v) is 8.22. The summed E-state index contributed by atoms with van der Waals surface area (Å²) in [5, 5.41) is 11.2. The third-order valence-electron chi connectivity index (χ3n) is 4.06. The summed E-state index contributed by atoms with van der Waals surface area (Å²) in [6.45, 7) is 8.39. The standard InChI is InChI=1S/C19H22N4O/c1-12(2)14-5-8-16(9-6-14)20-19(24)15-7-10-18-17(11-15)21-22-23(18)13(3)4/h5-13H,1-4H3,(H,20,24). The highest BCUT2D eigenvalue weighted by Crippen LogP contribution is 2.20. The lowest BCUT2D eigenvalue weighted by atomic mass is 10.0. The number of aromatic nitrogens is 3. The Bertz CT molecular complexity index is 863. The van der Waals surface area contributed by atoms with Gasteiger partial charge in [0.25, 0.3) is 5.91 Å². The molecule has 0 fully saturated rings.